The lowest BCUT2D eigenvalue weighted by molar-refractivity contribution is -0.666. The topological polar surface area (TPSA) is 16.8 Å². The van der Waals surface area contributed by atoms with Gasteiger partial charge in [-0.05, 0) is 46.2 Å². The molecule has 0 radical (unpaired) electrons. The second-order valence-electron chi connectivity index (χ2n) is 9.24. The van der Waals surface area contributed by atoms with Crippen LogP contribution < -0.4 is 4.57 Å². The van der Waals surface area contributed by atoms with Crippen LogP contribution in [0.5, 0.6) is 0 Å². The van der Waals surface area contributed by atoms with Crippen LogP contribution in [0.3, 0.4) is 0 Å². The van der Waals surface area contributed by atoms with E-state index in [2.05, 4.69) is 135 Å². The first-order chi connectivity index (χ1) is 17.1. The molecular weight excluding hydrogens is 424 g/mol. The zero-order valence-corrected chi connectivity index (χ0v) is 20.3. The van der Waals surface area contributed by atoms with E-state index >= 15 is 0 Å². The van der Waals surface area contributed by atoms with Gasteiger partial charge >= 0.3 is 0 Å². The Morgan fingerprint density at radius 3 is 1.86 bits per heavy atom. The molecule has 2 heteroatoms. The lowest BCUT2D eigenvalue weighted by atomic mass is 9.94. The summed E-state index contributed by atoms with van der Waals surface area (Å²) in [5.41, 5.74) is 9.01. The van der Waals surface area contributed by atoms with Gasteiger partial charge in [0.2, 0.25) is 11.4 Å². The van der Waals surface area contributed by atoms with Crippen molar-refractivity contribution >= 4 is 21.5 Å². The molecule has 0 aliphatic rings. The molecule has 5 aromatic carbocycles. The lowest BCUT2D eigenvalue weighted by Crippen LogP contribution is -2.37. The first kappa shape index (κ1) is 21.2. The molecule has 0 aliphatic heterocycles. The van der Waals surface area contributed by atoms with Gasteiger partial charge in [0, 0.05) is 18.1 Å². The largest absolute Gasteiger partial charge is 0.239 e. The third kappa shape index (κ3) is 3.68. The third-order valence-electron chi connectivity index (χ3n) is 7.05. The highest BCUT2D eigenvalue weighted by Crippen LogP contribution is 2.36. The molecule has 0 saturated heterocycles. The molecule has 0 spiro atoms. The molecule has 1 aromatic heterocycles. The van der Waals surface area contributed by atoms with Crippen molar-refractivity contribution in [1.29, 1.82) is 0 Å². The minimum atomic E-state index is 1.00. The summed E-state index contributed by atoms with van der Waals surface area (Å²) in [4.78, 5) is 5.36. The van der Waals surface area contributed by atoms with Gasteiger partial charge in [0.1, 0.15) is 18.4 Å². The van der Waals surface area contributed by atoms with E-state index in [1.165, 1.54) is 32.7 Å². The zero-order chi connectivity index (χ0) is 23.9. The monoisotopic (exact) mass is 451 g/mol. The van der Waals surface area contributed by atoms with Crippen LogP contribution in [-0.4, -0.2) is 4.98 Å². The van der Waals surface area contributed by atoms with Gasteiger partial charge in [0.05, 0.1) is 5.56 Å². The number of aromatic nitrogens is 2. The van der Waals surface area contributed by atoms with Gasteiger partial charge < -0.3 is 0 Å². The first-order valence-corrected chi connectivity index (χ1v) is 12.0. The van der Waals surface area contributed by atoms with Crippen molar-refractivity contribution in [1.82, 2.24) is 4.98 Å². The standard InChI is InChI=1S/C33H27N2/c1-22-19-26-14-9-10-16-28(26)21-30(22)33-32(29-18-17-24-11-7-8-15-27(24)20-29)34-31(23(2)35(33)3)25-12-5-4-6-13-25/h4-21H,1-3H3/q+1. The maximum Gasteiger partial charge on any atom is 0.239 e. The predicted molar refractivity (Wildman–Crippen MR) is 146 cm³/mol. The number of benzene rings is 5. The number of fused-ring (bicyclic) bond motifs is 2. The molecule has 0 unspecified atom stereocenters. The van der Waals surface area contributed by atoms with Crippen molar-refractivity contribution in [2.75, 3.05) is 0 Å². The number of hydrogen-bond donors (Lipinski definition) is 0. The van der Waals surface area contributed by atoms with Crippen LogP contribution in [0.1, 0.15) is 11.3 Å². The highest BCUT2D eigenvalue weighted by molar-refractivity contribution is 5.93. The first-order valence-electron chi connectivity index (χ1n) is 12.0. The fraction of sp³-hybridized carbons (Fsp3) is 0.0909. The summed E-state index contributed by atoms with van der Waals surface area (Å²) < 4.78 is 2.32. The number of rotatable bonds is 3. The molecule has 0 bridgehead atoms. The number of hydrogen-bond acceptors (Lipinski definition) is 1. The Balaban J connectivity index is 1.69. The number of aryl methyl sites for hydroxylation is 1. The van der Waals surface area contributed by atoms with E-state index in [1.54, 1.807) is 0 Å². The van der Waals surface area contributed by atoms with Gasteiger partial charge in [0.25, 0.3) is 0 Å². The van der Waals surface area contributed by atoms with Crippen LogP contribution in [0.15, 0.2) is 109 Å². The minimum Gasteiger partial charge on any atom is -0.234 e. The van der Waals surface area contributed by atoms with Gasteiger partial charge in [-0.25, -0.2) is 4.98 Å². The zero-order valence-electron chi connectivity index (χ0n) is 20.3. The Hall–Kier alpha value is -4.30. The Labute approximate surface area is 206 Å². The maximum absolute atomic E-state index is 5.36. The minimum absolute atomic E-state index is 1.00. The van der Waals surface area contributed by atoms with Gasteiger partial charge in [-0.1, -0.05) is 97.1 Å². The molecule has 6 aromatic rings. The van der Waals surface area contributed by atoms with Crippen LogP contribution >= 0.6 is 0 Å². The van der Waals surface area contributed by atoms with Crippen molar-refractivity contribution in [2.24, 2.45) is 7.05 Å². The molecule has 0 aliphatic carbocycles. The highest BCUT2D eigenvalue weighted by Gasteiger charge is 2.27. The quantitative estimate of drug-likeness (QED) is 0.251. The van der Waals surface area contributed by atoms with Crippen molar-refractivity contribution in [3.63, 3.8) is 0 Å². The van der Waals surface area contributed by atoms with Crippen LogP contribution in [-0.2, 0) is 7.05 Å². The molecule has 35 heavy (non-hydrogen) atoms. The molecule has 0 fully saturated rings. The second kappa shape index (κ2) is 8.48. The Kier molecular flexibility index (Phi) is 5.15. The molecule has 0 atom stereocenters. The number of nitrogens with zero attached hydrogens (tertiary/aromatic N) is 2. The SMILES string of the molecule is Cc1cc2ccccc2cc1-c1c(-c2ccc3ccccc3c2)nc(-c2ccccc2)c(C)[n+]1C. The Morgan fingerprint density at radius 2 is 1.14 bits per heavy atom. The average molecular weight is 452 g/mol. The van der Waals surface area contributed by atoms with Crippen LogP contribution in [0.2, 0.25) is 0 Å². The summed E-state index contributed by atoms with van der Waals surface area (Å²) in [6.07, 6.45) is 0. The smallest absolute Gasteiger partial charge is 0.234 e. The second-order valence-corrected chi connectivity index (χ2v) is 9.24. The highest BCUT2D eigenvalue weighted by atomic mass is 15.0. The predicted octanol–water partition coefficient (Wildman–Crippen LogP) is 7.83. The van der Waals surface area contributed by atoms with Crippen molar-refractivity contribution in [3.05, 3.63) is 120 Å². The summed E-state index contributed by atoms with van der Waals surface area (Å²) in [7, 11) is 2.16. The molecule has 2 nitrogen and oxygen atoms in total. The van der Waals surface area contributed by atoms with Crippen LogP contribution in [0.4, 0.5) is 0 Å². The summed E-state index contributed by atoms with van der Waals surface area (Å²) >= 11 is 0. The van der Waals surface area contributed by atoms with Gasteiger partial charge in [-0.3, -0.25) is 0 Å². The van der Waals surface area contributed by atoms with Crippen LogP contribution in [0.25, 0.3) is 55.3 Å². The van der Waals surface area contributed by atoms with E-state index in [4.69, 9.17) is 4.98 Å². The molecular formula is C33H27N2+. The van der Waals surface area contributed by atoms with Gasteiger partial charge in [-0.15, -0.1) is 0 Å². The summed E-state index contributed by atoms with van der Waals surface area (Å²) in [6, 6.07) is 38.8. The van der Waals surface area contributed by atoms with Gasteiger partial charge in [-0.2, -0.15) is 4.57 Å². The van der Waals surface area contributed by atoms with E-state index in [-0.39, 0.29) is 0 Å². The van der Waals surface area contributed by atoms with E-state index < -0.39 is 0 Å². The van der Waals surface area contributed by atoms with E-state index in [0.29, 0.717) is 0 Å². The third-order valence-corrected chi connectivity index (χ3v) is 7.05. The Bertz CT molecular complexity index is 1720. The summed E-state index contributed by atoms with van der Waals surface area (Å²) in [5, 5.41) is 4.95. The fourth-order valence-electron chi connectivity index (χ4n) is 5.06. The van der Waals surface area contributed by atoms with E-state index in [1.807, 2.05) is 0 Å². The normalized spacial score (nSPS) is 11.3. The summed E-state index contributed by atoms with van der Waals surface area (Å²) in [5.74, 6) is 0. The van der Waals surface area contributed by atoms with E-state index in [0.717, 1.165) is 33.9 Å². The van der Waals surface area contributed by atoms with Gasteiger partial charge in [0.15, 0.2) is 0 Å². The lowest BCUT2D eigenvalue weighted by Gasteiger charge is -2.15. The molecule has 1 heterocycles. The average Bonchev–Trinajstić information content (AvgIpc) is 2.90. The molecule has 0 amide bonds. The molecule has 6 rings (SSSR count). The Morgan fingerprint density at radius 1 is 0.543 bits per heavy atom. The van der Waals surface area contributed by atoms with Crippen LogP contribution in [0, 0.1) is 13.8 Å². The van der Waals surface area contributed by atoms with E-state index in [9.17, 15) is 0 Å². The van der Waals surface area contributed by atoms with Crippen molar-refractivity contribution in [2.45, 2.75) is 13.8 Å². The molecule has 168 valence electrons. The molecule has 0 N–H and O–H groups in total. The summed E-state index contributed by atoms with van der Waals surface area (Å²) in [6.45, 7) is 4.37. The molecule has 0 saturated carbocycles. The fourth-order valence-corrected chi connectivity index (χ4v) is 5.06. The van der Waals surface area contributed by atoms with Crippen molar-refractivity contribution in [3.8, 4) is 33.8 Å². The van der Waals surface area contributed by atoms with Crippen molar-refractivity contribution < 1.29 is 4.57 Å². The maximum atomic E-state index is 5.36.